The van der Waals surface area contributed by atoms with E-state index in [9.17, 15) is 4.79 Å². The second kappa shape index (κ2) is 6.42. The molecular formula is C15H28N2O2. The van der Waals surface area contributed by atoms with E-state index >= 15 is 0 Å². The fraction of sp³-hybridized carbons (Fsp3) is 0.800. The van der Waals surface area contributed by atoms with Crippen LogP contribution in [0, 0.1) is 0 Å². The minimum Gasteiger partial charge on any atom is -0.444 e. The summed E-state index contributed by atoms with van der Waals surface area (Å²) in [7, 11) is 0. The maximum Gasteiger partial charge on any atom is 0.410 e. The standard InChI is InChI=1S/C15H28N2O2/c1-12(2)7-8-16-9-10-17(11-13(16)3)14(18)19-15(4,5)6/h7,13H,8-11H2,1-6H3. The third-order valence-electron chi connectivity index (χ3n) is 3.15. The van der Waals surface area contributed by atoms with E-state index in [0.29, 0.717) is 6.04 Å². The van der Waals surface area contributed by atoms with Gasteiger partial charge in [0, 0.05) is 32.2 Å². The van der Waals surface area contributed by atoms with E-state index in [4.69, 9.17) is 4.74 Å². The summed E-state index contributed by atoms with van der Waals surface area (Å²) < 4.78 is 5.42. The smallest absolute Gasteiger partial charge is 0.410 e. The van der Waals surface area contributed by atoms with Gasteiger partial charge in [-0.1, -0.05) is 11.6 Å². The van der Waals surface area contributed by atoms with Gasteiger partial charge in [-0.2, -0.15) is 0 Å². The van der Waals surface area contributed by atoms with Crippen LogP contribution in [0.1, 0.15) is 41.5 Å². The quantitative estimate of drug-likeness (QED) is 0.722. The van der Waals surface area contributed by atoms with Gasteiger partial charge in [0.1, 0.15) is 5.60 Å². The van der Waals surface area contributed by atoms with Crippen molar-refractivity contribution in [3.63, 3.8) is 0 Å². The first kappa shape index (κ1) is 16.0. The second-order valence-electron chi connectivity index (χ2n) is 6.55. The van der Waals surface area contributed by atoms with Gasteiger partial charge in [-0.05, 0) is 41.5 Å². The van der Waals surface area contributed by atoms with Gasteiger partial charge in [0.25, 0.3) is 0 Å². The van der Waals surface area contributed by atoms with E-state index in [1.165, 1.54) is 5.57 Å². The molecule has 0 bridgehead atoms. The van der Waals surface area contributed by atoms with Gasteiger partial charge >= 0.3 is 6.09 Å². The molecule has 0 aromatic heterocycles. The third kappa shape index (κ3) is 5.64. The molecule has 0 aromatic rings. The summed E-state index contributed by atoms with van der Waals surface area (Å²) in [4.78, 5) is 16.2. The van der Waals surface area contributed by atoms with Crippen molar-refractivity contribution in [3.05, 3.63) is 11.6 Å². The van der Waals surface area contributed by atoms with Crippen LogP contribution in [-0.4, -0.2) is 53.7 Å². The van der Waals surface area contributed by atoms with Crippen LogP contribution >= 0.6 is 0 Å². The maximum absolute atomic E-state index is 12.0. The zero-order valence-corrected chi connectivity index (χ0v) is 13.2. The van der Waals surface area contributed by atoms with Crippen molar-refractivity contribution in [1.82, 2.24) is 9.80 Å². The summed E-state index contributed by atoms with van der Waals surface area (Å²) in [6, 6.07) is 0.372. The highest BCUT2D eigenvalue weighted by Crippen LogP contribution is 2.14. The highest BCUT2D eigenvalue weighted by molar-refractivity contribution is 5.68. The molecule has 1 aliphatic rings. The SMILES string of the molecule is CC(C)=CCN1CCN(C(=O)OC(C)(C)C)CC1C. The summed E-state index contributed by atoms with van der Waals surface area (Å²) >= 11 is 0. The molecule has 4 nitrogen and oxygen atoms in total. The summed E-state index contributed by atoms with van der Waals surface area (Å²) in [5.74, 6) is 0. The van der Waals surface area contributed by atoms with Crippen molar-refractivity contribution in [2.24, 2.45) is 0 Å². The summed E-state index contributed by atoms with van der Waals surface area (Å²) in [5, 5.41) is 0. The Morgan fingerprint density at radius 3 is 2.42 bits per heavy atom. The van der Waals surface area contributed by atoms with Gasteiger partial charge in [-0.3, -0.25) is 4.90 Å². The number of allylic oxidation sites excluding steroid dienone is 1. The molecule has 0 aromatic carbocycles. The first-order valence-electron chi connectivity index (χ1n) is 7.04. The van der Waals surface area contributed by atoms with Crippen LogP contribution in [0.3, 0.4) is 0 Å². The molecule has 1 fully saturated rings. The third-order valence-corrected chi connectivity index (χ3v) is 3.15. The van der Waals surface area contributed by atoms with E-state index < -0.39 is 5.60 Å². The van der Waals surface area contributed by atoms with Crippen LogP contribution in [0.2, 0.25) is 0 Å². The normalized spacial score (nSPS) is 21.2. The molecule has 0 spiro atoms. The van der Waals surface area contributed by atoms with E-state index in [0.717, 1.165) is 26.2 Å². The molecule has 0 radical (unpaired) electrons. The summed E-state index contributed by atoms with van der Waals surface area (Å²) in [5.41, 5.74) is 0.918. The minimum absolute atomic E-state index is 0.193. The number of rotatable bonds is 2. The molecule has 1 unspecified atom stereocenters. The van der Waals surface area contributed by atoms with Crippen molar-refractivity contribution in [2.75, 3.05) is 26.2 Å². The molecule has 0 N–H and O–H groups in total. The predicted octanol–water partition coefficient (Wildman–Crippen LogP) is 2.89. The lowest BCUT2D eigenvalue weighted by Gasteiger charge is -2.39. The molecular weight excluding hydrogens is 240 g/mol. The molecule has 19 heavy (non-hydrogen) atoms. The van der Waals surface area contributed by atoms with Crippen LogP contribution in [-0.2, 0) is 4.74 Å². The molecule has 0 saturated carbocycles. The van der Waals surface area contributed by atoms with E-state index in [2.05, 4.69) is 31.7 Å². The Morgan fingerprint density at radius 1 is 1.32 bits per heavy atom. The number of carbonyl (C=O) groups is 1. The first-order valence-corrected chi connectivity index (χ1v) is 7.04. The molecule has 110 valence electrons. The van der Waals surface area contributed by atoms with E-state index in [1.807, 2.05) is 25.7 Å². The first-order chi connectivity index (χ1) is 8.69. The van der Waals surface area contributed by atoms with Gasteiger partial charge in [0.2, 0.25) is 0 Å². The number of hydrogen-bond acceptors (Lipinski definition) is 3. The van der Waals surface area contributed by atoms with Gasteiger partial charge in [0.15, 0.2) is 0 Å². The Morgan fingerprint density at radius 2 is 1.95 bits per heavy atom. The number of nitrogens with zero attached hydrogens (tertiary/aromatic N) is 2. The van der Waals surface area contributed by atoms with Crippen molar-refractivity contribution < 1.29 is 9.53 Å². The van der Waals surface area contributed by atoms with Crippen molar-refractivity contribution in [3.8, 4) is 0 Å². The Balaban J connectivity index is 2.49. The second-order valence-corrected chi connectivity index (χ2v) is 6.55. The molecule has 1 saturated heterocycles. The molecule has 1 heterocycles. The Bertz CT molecular complexity index is 341. The van der Waals surface area contributed by atoms with Crippen molar-refractivity contribution >= 4 is 6.09 Å². The molecule has 4 heteroatoms. The average molecular weight is 268 g/mol. The fourth-order valence-corrected chi connectivity index (χ4v) is 2.06. The Hall–Kier alpha value is -1.03. The van der Waals surface area contributed by atoms with Gasteiger partial charge in [-0.25, -0.2) is 4.79 Å². The van der Waals surface area contributed by atoms with Crippen LogP contribution in [0.5, 0.6) is 0 Å². The number of carbonyl (C=O) groups excluding carboxylic acids is 1. The van der Waals surface area contributed by atoms with Gasteiger partial charge in [0.05, 0.1) is 0 Å². The maximum atomic E-state index is 12.0. The van der Waals surface area contributed by atoms with Crippen LogP contribution in [0.4, 0.5) is 4.79 Å². The fourth-order valence-electron chi connectivity index (χ4n) is 2.06. The van der Waals surface area contributed by atoms with E-state index in [-0.39, 0.29) is 6.09 Å². The zero-order valence-electron chi connectivity index (χ0n) is 13.2. The number of ether oxygens (including phenoxy) is 1. The molecule has 0 aliphatic carbocycles. The predicted molar refractivity (Wildman–Crippen MR) is 78.3 cm³/mol. The highest BCUT2D eigenvalue weighted by Gasteiger charge is 2.29. The van der Waals surface area contributed by atoms with Crippen LogP contribution in [0.15, 0.2) is 11.6 Å². The summed E-state index contributed by atoms with van der Waals surface area (Å²) in [6.45, 7) is 15.5. The van der Waals surface area contributed by atoms with E-state index in [1.54, 1.807) is 0 Å². The number of amides is 1. The minimum atomic E-state index is -0.417. The Labute approximate surface area is 117 Å². The van der Waals surface area contributed by atoms with Crippen molar-refractivity contribution in [2.45, 2.75) is 53.2 Å². The molecule has 1 atom stereocenters. The number of hydrogen-bond donors (Lipinski definition) is 0. The van der Waals surface area contributed by atoms with Gasteiger partial charge in [-0.15, -0.1) is 0 Å². The lowest BCUT2D eigenvalue weighted by atomic mass is 10.2. The Kier molecular flexibility index (Phi) is 5.41. The average Bonchev–Trinajstić information content (AvgIpc) is 2.24. The monoisotopic (exact) mass is 268 g/mol. The largest absolute Gasteiger partial charge is 0.444 e. The highest BCUT2D eigenvalue weighted by atomic mass is 16.6. The molecule has 1 rings (SSSR count). The number of piperazine rings is 1. The molecule has 1 amide bonds. The van der Waals surface area contributed by atoms with Crippen molar-refractivity contribution in [1.29, 1.82) is 0 Å². The molecule has 1 aliphatic heterocycles. The topological polar surface area (TPSA) is 32.8 Å². The lowest BCUT2D eigenvalue weighted by molar-refractivity contribution is 0.00740. The summed E-state index contributed by atoms with van der Waals surface area (Å²) in [6.07, 6.45) is 2.04. The van der Waals surface area contributed by atoms with Gasteiger partial charge < -0.3 is 9.64 Å². The van der Waals surface area contributed by atoms with Crippen LogP contribution in [0.25, 0.3) is 0 Å². The zero-order chi connectivity index (χ0) is 14.6. The van der Waals surface area contributed by atoms with Crippen LogP contribution < -0.4 is 0 Å². The lowest BCUT2D eigenvalue weighted by Crippen LogP contribution is -2.54.